The van der Waals surface area contributed by atoms with E-state index in [-0.39, 0.29) is 11.9 Å². The predicted octanol–water partition coefficient (Wildman–Crippen LogP) is 2.52. The van der Waals surface area contributed by atoms with E-state index in [9.17, 15) is 4.79 Å². The van der Waals surface area contributed by atoms with Crippen LogP contribution in [0.3, 0.4) is 0 Å². The lowest BCUT2D eigenvalue weighted by Gasteiger charge is -2.15. The molecule has 1 unspecified atom stereocenters. The Morgan fingerprint density at radius 3 is 2.83 bits per heavy atom. The molecule has 0 radical (unpaired) electrons. The SMILES string of the molecule is CC(NCC(=O)NCC1CC1)c1ccccc1Cl. The third kappa shape index (κ3) is 4.00. The van der Waals surface area contributed by atoms with Gasteiger partial charge in [0.15, 0.2) is 0 Å². The van der Waals surface area contributed by atoms with Crippen molar-refractivity contribution in [1.29, 1.82) is 0 Å². The summed E-state index contributed by atoms with van der Waals surface area (Å²) in [5.41, 5.74) is 1.02. The number of hydrogen-bond donors (Lipinski definition) is 2. The third-order valence-electron chi connectivity index (χ3n) is 3.23. The molecule has 18 heavy (non-hydrogen) atoms. The van der Waals surface area contributed by atoms with E-state index in [2.05, 4.69) is 10.6 Å². The summed E-state index contributed by atoms with van der Waals surface area (Å²) >= 11 is 6.10. The first-order chi connectivity index (χ1) is 8.66. The van der Waals surface area contributed by atoms with Crippen LogP contribution in [0.5, 0.6) is 0 Å². The van der Waals surface area contributed by atoms with Gasteiger partial charge >= 0.3 is 0 Å². The standard InChI is InChI=1S/C14H19ClN2O/c1-10(12-4-2-3-5-13(12)15)16-9-14(18)17-8-11-6-7-11/h2-5,10-11,16H,6-9H2,1H3,(H,17,18). The van der Waals surface area contributed by atoms with Gasteiger partial charge in [-0.25, -0.2) is 0 Å². The highest BCUT2D eigenvalue weighted by Crippen LogP contribution is 2.27. The summed E-state index contributed by atoms with van der Waals surface area (Å²) in [4.78, 5) is 11.6. The van der Waals surface area contributed by atoms with Crippen LogP contribution in [0.15, 0.2) is 24.3 Å². The smallest absolute Gasteiger partial charge is 0.233 e. The molecule has 1 aromatic carbocycles. The highest BCUT2D eigenvalue weighted by Gasteiger charge is 2.21. The van der Waals surface area contributed by atoms with Gasteiger partial charge in [0.25, 0.3) is 0 Å². The normalized spacial score (nSPS) is 16.3. The quantitative estimate of drug-likeness (QED) is 0.831. The van der Waals surface area contributed by atoms with Gasteiger partial charge in [-0.2, -0.15) is 0 Å². The average Bonchev–Trinajstić information content (AvgIpc) is 3.18. The predicted molar refractivity (Wildman–Crippen MR) is 73.6 cm³/mol. The zero-order valence-electron chi connectivity index (χ0n) is 10.6. The van der Waals surface area contributed by atoms with Gasteiger partial charge in [-0.3, -0.25) is 4.79 Å². The van der Waals surface area contributed by atoms with E-state index in [1.54, 1.807) is 0 Å². The van der Waals surface area contributed by atoms with Gasteiger partial charge in [0.1, 0.15) is 0 Å². The fourth-order valence-electron chi connectivity index (χ4n) is 1.82. The molecule has 1 aliphatic carbocycles. The summed E-state index contributed by atoms with van der Waals surface area (Å²) < 4.78 is 0. The number of carbonyl (C=O) groups is 1. The second-order valence-corrected chi connectivity index (χ2v) is 5.28. The zero-order valence-corrected chi connectivity index (χ0v) is 11.3. The molecule has 1 fully saturated rings. The number of rotatable bonds is 6. The van der Waals surface area contributed by atoms with Crippen LogP contribution in [0, 0.1) is 5.92 Å². The molecule has 4 heteroatoms. The monoisotopic (exact) mass is 266 g/mol. The number of hydrogen-bond acceptors (Lipinski definition) is 2. The van der Waals surface area contributed by atoms with E-state index >= 15 is 0 Å². The molecule has 0 spiro atoms. The summed E-state index contributed by atoms with van der Waals surface area (Å²) in [6.07, 6.45) is 2.51. The minimum atomic E-state index is 0.0563. The van der Waals surface area contributed by atoms with Crippen molar-refractivity contribution in [2.45, 2.75) is 25.8 Å². The summed E-state index contributed by atoms with van der Waals surface area (Å²) in [5.74, 6) is 0.774. The number of nitrogens with one attached hydrogen (secondary N) is 2. The molecule has 1 amide bonds. The van der Waals surface area contributed by atoms with Gasteiger partial charge in [0, 0.05) is 17.6 Å². The minimum Gasteiger partial charge on any atom is -0.355 e. The molecule has 0 aliphatic heterocycles. The lowest BCUT2D eigenvalue weighted by atomic mass is 10.1. The van der Waals surface area contributed by atoms with E-state index in [0.29, 0.717) is 6.54 Å². The van der Waals surface area contributed by atoms with Crippen LogP contribution < -0.4 is 10.6 Å². The largest absolute Gasteiger partial charge is 0.355 e. The van der Waals surface area contributed by atoms with Gasteiger partial charge in [0.05, 0.1) is 6.54 Å². The highest BCUT2D eigenvalue weighted by atomic mass is 35.5. The summed E-state index contributed by atoms with van der Waals surface area (Å²) in [6, 6.07) is 7.77. The Hall–Kier alpha value is -1.06. The molecule has 1 saturated carbocycles. The molecule has 0 bridgehead atoms. The number of halogens is 1. The van der Waals surface area contributed by atoms with Gasteiger partial charge < -0.3 is 10.6 Å². The Balaban J connectivity index is 1.75. The van der Waals surface area contributed by atoms with Gasteiger partial charge in [-0.1, -0.05) is 29.8 Å². The molecule has 0 saturated heterocycles. The summed E-state index contributed by atoms with van der Waals surface area (Å²) in [6.45, 7) is 3.16. The maximum atomic E-state index is 11.6. The fourth-order valence-corrected chi connectivity index (χ4v) is 2.12. The molecule has 3 nitrogen and oxygen atoms in total. The van der Waals surface area contributed by atoms with Crippen LogP contribution in [-0.4, -0.2) is 19.0 Å². The summed E-state index contributed by atoms with van der Waals surface area (Å²) in [7, 11) is 0. The van der Waals surface area contributed by atoms with Crippen LogP contribution in [0.25, 0.3) is 0 Å². The van der Waals surface area contributed by atoms with Gasteiger partial charge in [-0.05, 0) is 37.3 Å². The van der Waals surface area contributed by atoms with Crippen molar-refractivity contribution < 1.29 is 4.79 Å². The van der Waals surface area contributed by atoms with E-state index < -0.39 is 0 Å². The molecule has 2 rings (SSSR count). The maximum Gasteiger partial charge on any atom is 0.233 e. The van der Waals surface area contributed by atoms with Gasteiger partial charge in [-0.15, -0.1) is 0 Å². The number of carbonyl (C=O) groups excluding carboxylic acids is 1. The third-order valence-corrected chi connectivity index (χ3v) is 3.57. The maximum absolute atomic E-state index is 11.6. The lowest BCUT2D eigenvalue weighted by molar-refractivity contribution is -0.120. The van der Waals surface area contributed by atoms with Crippen molar-refractivity contribution in [2.75, 3.05) is 13.1 Å². The molecule has 1 aromatic rings. The minimum absolute atomic E-state index is 0.0563. The van der Waals surface area contributed by atoms with Crippen LogP contribution in [0.1, 0.15) is 31.4 Å². The van der Waals surface area contributed by atoms with Crippen LogP contribution in [0.4, 0.5) is 0 Å². The van der Waals surface area contributed by atoms with Crippen molar-refractivity contribution in [3.05, 3.63) is 34.9 Å². The Labute approximate surface area is 113 Å². The average molecular weight is 267 g/mol. The van der Waals surface area contributed by atoms with Crippen molar-refractivity contribution in [3.63, 3.8) is 0 Å². The molecule has 1 atom stereocenters. The Kier molecular flexibility index (Phi) is 4.61. The molecule has 0 aromatic heterocycles. The highest BCUT2D eigenvalue weighted by molar-refractivity contribution is 6.31. The van der Waals surface area contributed by atoms with Crippen molar-refractivity contribution in [2.24, 2.45) is 5.92 Å². The van der Waals surface area contributed by atoms with E-state index in [0.717, 1.165) is 23.0 Å². The van der Waals surface area contributed by atoms with Crippen molar-refractivity contribution in [3.8, 4) is 0 Å². The molecule has 0 heterocycles. The van der Waals surface area contributed by atoms with Crippen LogP contribution in [-0.2, 0) is 4.79 Å². The second-order valence-electron chi connectivity index (χ2n) is 4.87. The Morgan fingerprint density at radius 2 is 2.17 bits per heavy atom. The van der Waals surface area contributed by atoms with Crippen molar-refractivity contribution >= 4 is 17.5 Å². The van der Waals surface area contributed by atoms with Crippen molar-refractivity contribution in [1.82, 2.24) is 10.6 Å². The molecule has 2 N–H and O–H groups in total. The molecular formula is C14H19ClN2O. The lowest BCUT2D eigenvalue weighted by Crippen LogP contribution is -2.36. The Bertz CT molecular complexity index is 418. The van der Waals surface area contributed by atoms with E-state index in [1.165, 1.54) is 12.8 Å². The molecular weight excluding hydrogens is 248 g/mol. The number of benzene rings is 1. The molecule has 1 aliphatic rings. The zero-order chi connectivity index (χ0) is 13.0. The summed E-state index contributed by atoms with van der Waals surface area (Å²) in [5, 5.41) is 6.85. The molecule has 98 valence electrons. The first-order valence-electron chi connectivity index (χ1n) is 6.41. The fraction of sp³-hybridized carbons (Fsp3) is 0.500. The first kappa shape index (κ1) is 13.4. The second kappa shape index (κ2) is 6.21. The Morgan fingerprint density at radius 1 is 1.44 bits per heavy atom. The van der Waals surface area contributed by atoms with E-state index in [1.807, 2.05) is 31.2 Å². The number of amides is 1. The topological polar surface area (TPSA) is 41.1 Å². The van der Waals surface area contributed by atoms with Gasteiger partial charge in [0.2, 0.25) is 5.91 Å². The van der Waals surface area contributed by atoms with Crippen LogP contribution in [0.2, 0.25) is 5.02 Å². The van der Waals surface area contributed by atoms with Crippen LogP contribution >= 0.6 is 11.6 Å². The first-order valence-corrected chi connectivity index (χ1v) is 6.79. The van der Waals surface area contributed by atoms with E-state index in [4.69, 9.17) is 11.6 Å².